The summed E-state index contributed by atoms with van der Waals surface area (Å²) in [7, 11) is 8.07. The normalized spacial score (nSPS) is 21.6. The Kier molecular flexibility index (Phi) is 5.04. The Morgan fingerprint density at radius 2 is 1.54 bits per heavy atom. The molecular formula is C21H28N2O5. The topological polar surface area (TPSA) is 68.3 Å². The summed E-state index contributed by atoms with van der Waals surface area (Å²) in [4.78, 5) is 29.3. The van der Waals surface area contributed by atoms with Gasteiger partial charge in [-0.25, -0.2) is 4.79 Å². The molecule has 1 heterocycles. The van der Waals surface area contributed by atoms with Crippen molar-refractivity contribution in [2.45, 2.75) is 32.7 Å². The molecule has 2 aliphatic rings. The summed E-state index contributed by atoms with van der Waals surface area (Å²) in [5.74, 6) is 1.52. The number of ketones is 1. The predicted octanol–water partition coefficient (Wildman–Crippen LogP) is 3.39. The fourth-order valence-corrected chi connectivity index (χ4v) is 4.22. The second kappa shape index (κ2) is 7.04. The summed E-state index contributed by atoms with van der Waals surface area (Å²) in [6, 6.07) is 2.95. The molecule has 1 aromatic carbocycles. The summed E-state index contributed by atoms with van der Waals surface area (Å²) < 4.78 is 16.3. The third-order valence-corrected chi connectivity index (χ3v) is 5.55. The largest absolute Gasteiger partial charge is 0.493 e. The number of urea groups is 1. The van der Waals surface area contributed by atoms with Crippen LogP contribution in [0.15, 0.2) is 23.4 Å². The molecule has 0 fully saturated rings. The molecule has 28 heavy (non-hydrogen) atoms. The van der Waals surface area contributed by atoms with E-state index in [0.717, 1.165) is 11.3 Å². The van der Waals surface area contributed by atoms with E-state index >= 15 is 0 Å². The Hall–Kier alpha value is -2.70. The summed E-state index contributed by atoms with van der Waals surface area (Å²) in [6.45, 7) is 4.11. The quantitative estimate of drug-likeness (QED) is 0.791. The maximum absolute atomic E-state index is 13.1. The molecular weight excluding hydrogens is 360 g/mol. The average Bonchev–Trinajstić information content (AvgIpc) is 2.65. The standard InChI is InChI=1S/C21H28N2O5/c1-21(2)10-13-17(14(24)11-21)18(23(4)20(25)22(13)3)12-8-15(26-5)19(28-7)16(9-12)27-6/h8-9,18H,10-11H2,1-7H3/t18-/m0/s1. The molecule has 0 bridgehead atoms. The van der Waals surface area contributed by atoms with E-state index in [0.29, 0.717) is 35.7 Å². The van der Waals surface area contributed by atoms with Crippen molar-refractivity contribution in [1.82, 2.24) is 9.80 Å². The van der Waals surface area contributed by atoms with Crippen molar-refractivity contribution in [2.75, 3.05) is 35.4 Å². The molecule has 0 spiro atoms. The highest BCUT2D eigenvalue weighted by Gasteiger charge is 2.45. The van der Waals surface area contributed by atoms with Crippen LogP contribution in [0.4, 0.5) is 4.79 Å². The highest BCUT2D eigenvalue weighted by molar-refractivity contribution is 6.01. The summed E-state index contributed by atoms with van der Waals surface area (Å²) in [5, 5.41) is 0. The number of nitrogens with zero attached hydrogens (tertiary/aromatic N) is 2. The van der Waals surface area contributed by atoms with Gasteiger partial charge in [0.25, 0.3) is 0 Å². The van der Waals surface area contributed by atoms with Crippen LogP contribution in [-0.4, -0.2) is 57.0 Å². The highest BCUT2D eigenvalue weighted by atomic mass is 16.5. The lowest BCUT2D eigenvalue weighted by Crippen LogP contribution is -2.50. The van der Waals surface area contributed by atoms with Crippen LogP contribution in [-0.2, 0) is 4.79 Å². The van der Waals surface area contributed by atoms with E-state index in [9.17, 15) is 9.59 Å². The molecule has 1 aliphatic heterocycles. The number of hydrogen-bond acceptors (Lipinski definition) is 5. The van der Waals surface area contributed by atoms with E-state index in [1.807, 2.05) is 0 Å². The Bertz CT molecular complexity index is 833. The first-order valence-electron chi connectivity index (χ1n) is 9.22. The van der Waals surface area contributed by atoms with Gasteiger partial charge in [-0.15, -0.1) is 0 Å². The van der Waals surface area contributed by atoms with Crippen LogP contribution in [0.5, 0.6) is 17.2 Å². The van der Waals surface area contributed by atoms with Gasteiger partial charge in [0.1, 0.15) is 0 Å². The van der Waals surface area contributed by atoms with Gasteiger partial charge in [-0.3, -0.25) is 4.79 Å². The molecule has 0 saturated heterocycles. The lowest BCUT2D eigenvalue weighted by Gasteiger charge is -2.45. The number of ether oxygens (including phenoxy) is 3. The third kappa shape index (κ3) is 3.08. The van der Waals surface area contributed by atoms with Gasteiger partial charge in [0.2, 0.25) is 5.75 Å². The van der Waals surface area contributed by atoms with E-state index in [2.05, 4.69) is 13.8 Å². The van der Waals surface area contributed by atoms with Crippen LogP contribution in [0, 0.1) is 5.41 Å². The molecule has 7 nitrogen and oxygen atoms in total. The number of hydrogen-bond donors (Lipinski definition) is 0. The maximum atomic E-state index is 13.1. The number of methoxy groups -OCH3 is 3. The predicted molar refractivity (Wildman–Crippen MR) is 105 cm³/mol. The number of carbonyl (C=O) groups is 2. The van der Waals surface area contributed by atoms with Gasteiger partial charge in [-0.1, -0.05) is 13.8 Å². The van der Waals surface area contributed by atoms with Crippen molar-refractivity contribution >= 4 is 11.8 Å². The number of benzene rings is 1. The number of carbonyl (C=O) groups excluding carboxylic acids is 2. The Morgan fingerprint density at radius 3 is 2.04 bits per heavy atom. The molecule has 7 heteroatoms. The minimum Gasteiger partial charge on any atom is -0.493 e. The van der Waals surface area contributed by atoms with Crippen molar-refractivity contribution in [2.24, 2.45) is 5.41 Å². The zero-order chi connectivity index (χ0) is 20.8. The average molecular weight is 388 g/mol. The van der Waals surface area contributed by atoms with Gasteiger partial charge < -0.3 is 24.0 Å². The fourth-order valence-electron chi connectivity index (χ4n) is 4.22. The fraction of sp³-hybridized carbons (Fsp3) is 0.524. The zero-order valence-electron chi connectivity index (χ0n) is 17.6. The third-order valence-electron chi connectivity index (χ3n) is 5.55. The molecule has 152 valence electrons. The number of Topliss-reactive ketones (excluding diaryl/α,β-unsaturated/α-hetero) is 1. The number of rotatable bonds is 4. The van der Waals surface area contributed by atoms with E-state index in [-0.39, 0.29) is 17.2 Å². The first-order valence-corrected chi connectivity index (χ1v) is 9.22. The number of likely N-dealkylation sites (N-methyl/N-ethyl adjacent to an activating group) is 1. The van der Waals surface area contributed by atoms with E-state index in [1.165, 1.54) is 0 Å². The number of allylic oxidation sites excluding steroid dienone is 1. The molecule has 0 saturated carbocycles. The monoisotopic (exact) mass is 388 g/mol. The van der Waals surface area contributed by atoms with Gasteiger partial charge in [0.15, 0.2) is 17.3 Å². The molecule has 1 aromatic rings. The highest BCUT2D eigenvalue weighted by Crippen LogP contribution is 2.48. The van der Waals surface area contributed by atoms with Crippen LogP contribution < -0.4 is 14.2 Å². The molecule has 0 aromatic heterocycles. The maximum Gasteiger partial charge on any atom is 0.324 e. The minimum absolute atomic E-state index is 0.0659. The Morgan fingerprint density at radius 1 is 0.964 bits per heavy atom. The Balaban J connectivity index is 2.24. The van der Waals surface area contributed by atoms with Crippen LogP contribution in [0.1, 0.15) is 38.3 Å². The smallest absolute Gasteiger partial charge is 0.324 e. The van der Waals surface area contributed by atoms with Gasteiger partial charge >= 0.3 is 6.03 Å². The van der Waals surface area contributed by atoms with Gasteiger partial charge in [-0.2, -0.15) is 0 Å². The molecule has 0 unspecified atom stereocenters. The van der Waals surface area contributed by atoms with Crippen molar-refractivity contribution in [3.8, 4) is 17.2 Å². The van der Waals surface area contributed by atoms with Crippen LogP contribution in [0.25, 0.3) is 0 Å². The lowest BCUT2D eigenvalue weighted by molar-refractivity contribution is -0.119. The van der Waals surface area contributed by atoms with Crippen LogP contribution in [0.2, 0.25) is 0 Å². The lowest BCUT2D eigenvalue weighted by atomic mass is 9.72. The van der Waals surface area contributed by atoms with Crippen molar-refractivity contribution < 1.29 is 23.8 Å². The van der Waals surface area contributed by atoms with Gasteiger partial charge in [0.05, 0.1) is 27.4 Å². The van der Waals surface area contributed by atoms with Gasteiger partial charge in [-0.05, 0) is 29.5 Å². The number of amides is 2. The van der Waals surface area contributed by atoms with Crippen LogP contribution in [0.3, 0.4) is 0 Å². The molecule has 3 rings (SSSR count). The van der Waals surface area contributed by atoms with E-state index < -0.39 is 6.04 Å². The van der Waals surface area contributed by atoms with Crippen molar-refractivity contribution in [1.29, 1.82) is 0 Å². The van der Waals surface area contributed by atoms with Crippen LogP contribution >= 0.6 is 0 Å². The van der Waals surface area contributed by atoms with E-state index in [4.69, 9.17) is 14.2 Å². The molecule has 1 aliphatic carbocycles. The second-order valence-electron chi connectivity index (χ2n) is 8.12. The summed E-state index contributed by atoms with van der Waals surface area (Å²) in [6.07, 6.45) is 1.12. The summed E-state index contributed by atoms with van der Waals surface area (Å²) in [5.41, 5.74) is 2.03. The van der Waals surface area contributed by atoms with Crippen molar-refractivity contribution in [3.63, 3.8) is 0 Å². The molecule has 0 N–H and O–H groups in total. The molecule has 1 atom stereocenters. The zero-order valence-corrected chi connectivity index (χ0v) is 17.6. The SMILES string of the molecule is COc1cc([C@H]2C3=C(CC(C)(C)CC3=O)N(C)C(=O)N2C)cc(OC)c1OC. The summed E-state index contributed by atoms with van der Waals surface area (Å²) >= 11 is 0. The first kappa shape index (κ1) is 20.0. The van der Waals surface area contributed by atoms with E-state index in [1.54, 1.807) is 57.4 Å². The Labute approximate surface area is 165 Å². The first-order chi connectivity index (χ1) is 13.1. The second-order valence-corrected chi connectivity index (χ2v) is 8.12. The van der Waals surface area contributed by atoms with Gasteiger partial charge in [0, 0.05) is 31.8 Å². The van der Waals surface area contributed by atoms with Crippen molar-refractivity contribution in [3.05, 3.63) is 29.0 Å². The minimum atomic E-state index is -0.504. The molecule has 2 amide bonds. The molecule has 0 radical (unpaired) electrons.